The number of pyridine rings is 1. The summed E-state index contributed by atoms with van der Waals surface area (Å²) >= 11 is 0. The Hall–Kier alpha value is -4.26. The Kier molecular flexibility index (Phi) is 5.61. The van der Waals surface area contributed by atoms with Crippen molar-refractivity contribution < 1.29 is 9.53 Å². The monoisotopic (exact) mass is 397 g/mol. The average molecular weight is 397 g/mol. The van der Waals surface area contributed by atoms with E-state index in [4.69, 9.17) is 4.74 Å². The second-order valence-corrected chi connectivity index (χ2v) is 6.40. The van der Waals surface area contributed by atoms with Crippen molar-refractivity contribution in [1.29, 1.82) is 0 Å². The van der Waals surface area contributed by atoms with Gasteiger partial charge in [0, 0.05) is 41.1 Å². The van der Waals surface area contributed by atoms with Crippen LogP contribution in [0.2, 0.25) is 0 Å². The number of aromatic nitrogens is 3. The first-order valence-electron chi connectivity index (χ1n) is 9.27. The van der Waals surface area contributed by atoms with Gasteiger partial charge in [-0.05, 0) is 60.7 Å². The number of rotatable bonds is 6. The molecule has 0 fully saturated rings. The van der Waals surface area contributed by atoms with Crippen molar-refractivity contribution in [1.82, 2.24) is 15.0 Å². The fourth-order valence-electron chi connectivity index (χ4n) is 2.84. The number of nitrogens with zero attached hydrogens (tertiary/aromatic N) is 3. The molecule has 1 amide bonds. The minimum Gasteiger partial charge on any atom is -0.497 e. The van der Waals surface area contributed by atoms with Crippen LogP contribution in [0.3, 0.4) is 0 Å². The molecule has 7 heteroatoms. The molecule has 0 aliphatic heterocycles. The lowest BCUT2D eigenvalue weighted by molar-refractivity contribution is 0.102. The number of ether oxygens (including phenoxy) is 1. The van der Waals surface area contributed by atoms with Crippen LogP contribution >= 0.6 is 0 Å². The number of carbonyl (C=O) groups is 1. The van der Waals surface area contributed by atoms with Crippen molar-refractivity contribution in [3.63, 3.8) is 0 Å². The maximum absolute atomic E-state index is 12.5. The van der Waals surface area contributed by atoms with Crippen LogP contribution in [0.25, 0.3) is 11.3 Å². The Morgan fingerprint density at radius 1 is 0.933 bits per heavy atom. The van der Waals surface area contributed by atoms with E-state index in [0.29, 0.717) is 22.9 Å². The van der Waals surface area contributed by atoms with E-state index in [2.05, 4.69) is 25.6 Å². The minimum atomic E-state index is -0.204. The van der Waals surface area contributed by atoms with Gasteiger partial charge in [0.05, 0.1) is 12.8 Å². The van der Waals surface area contributed by atoms with E-state index in [1.807, 2.05) is 42.5 Å². The van der Waals surface area contributed by atoms with Gasteiger partial charge in [0.25, 0.3) is 5.91 Å². The van der Waals surface area contributed by atoms with Gasteiger partial charge in [-0.2, -0.15) is 0 Å². The number of carbonyl (C=O) groups excluding carboxylic acids is 1. The van der Waals surface area contributed by atoms with E-state index in [0.717, 1.165) is 16.9 Å². The smallest absolute Gasteiger partial charge is 0.255 e. The van der Waals surface area contributed by atoms with E-state index < -0.39 is 0 Å². The molecular weight excluding hydrogens is 378 g/mol. The quantitative estimate of drug-likeness (QED) is 0.496. The van der Waals surface area contributed by atoms with E-state index in [9.17, 15) is 4.79 Å². The molecule has 0 saturated carbocycles. The van der Waals surface area contributed by atoms with Crippen LogP contribution in [0.5, 0.6) is 5.75 Å². The molecule has 0 aliphatic rings. The Balaban J connectivity index is 1.48. The number of methoxy groups -OCH3 is 1. The van der Waals surface area contributed by atoms with E-state index in [1.54, 1.807) is 50.0 Å². The van der Waals surface area contributed by atoms with Gasteiger partial charge in [-0.25, -0.2) is 9.97 Å². The molecule has 2 N–H and O–H groups in total. The van der Waals surface area contributed by atoms with E-state index in [1.165, 1.54) is 0 Å². The molecule has 0 saturated heterocycles. The summed E-state index contributed by atoms with van der Waals surface area (Å²) in [6.45, 7) is 0. The zero-order chi connectivity index (χ0) is 20.8. The molecule has 2 aromatic heterocycles. The Labute approximate surface area is 173 Å². The van der Waals surface area contributed by atoms with Gasteiger partial charge in [-0.15, -0.1) is 0 Å². The van der Waals surface area contributed by atoms with Crippen molar-refractivity contribution in [2.45, 2.75) is 0 Å². The molecule has 0 unspecified atom stereocenters. The molecule has 0 aliphatic carbocycles. The Morgan fingerprint density at radius 3 is 2.53 bits per heavy atom. The molecule has 30 heavy (non-hydrogen) atoms. The second-order valence-electron chi connectivity index (χ2n) is 6.40. The molecule has 0 bridgehead atoms. The van der Waals surface area contributed by atoms with Crippen LogP contribution in [0.4, 0.5) is 17.3 Å². The first-order valence-corrected chi connectivity index (χ1v) is 9.27. The van der Waals surface area contributed by atoms with Gasteiger partial charge in [-0.3, -0.25) is 9.78 Å². The minimum absolute atomic E-state index is 0.204. The van der Waals surface area contributed by atoms with Crippen LogP contribution in [0, 0.1) is 0 Å². The van der Waals surface area contributed by atoms with Gasteiger partial charge < -0.3 is 15.4 Å². The summed E-state index contributed by atoms with van der Waals surface area (Å²) in [5, 5.41) is 6.06. The SMILES string of the molecule is COc1ccc(C(=O)Nc2cccc(Nc3nccc(-c4cccnc4)n3)c2)cc1. The molecule has 0 radical (unpaired) electrons. The highest BCUT2D eigenvalue weighted by molar-refractivity contribution is 6.04. The zero-order valence-corrected chi connectivity index (χ0v) is 16.2. The number of hydrogen-bond acceptors (Lipinski definition) is 6. The van der Waals surface area contributed by atoms with Crippen molar-refractivity contribution in [3.05, 3.63) is 90.9 Å². The molecule has 4 rings (SSSR count). The number of amides is 1. The maximum atomic E-state index is 12.5. The zero-order valence-electron chi connectivity index (χ0n) is 16.2. The summed E-state index contributed by atoms with van der Waals surface area (Å²) in [7, 11) is 1.59. The lowest BCUT2D eigenvalue weighted by atomic mass is 10.2. The summed E-state index contributed by atoms with van der Waals surface area (Å²) in [6, 6.07) is 19.9. The topological polar surface area (TPSA) is 89.0 Å². The number of hydrogen-bond donors (Lipinski definition) is 2. The summed E-state index contributed by atoms with van der Waals surface area (Å²) in [5.74, 6) is 0.950. The molecule has 2 aromatic carbocycles. The molecule has 0 spiro atoms. The number of benzene rings is 2. The molecule has 148 valence electrons. The first kappa shape index (κ1) is 19.1. The van der Waals surface area contributed by atoms with E-state index in [-0.39, 0.29) is 5.91 Å². The largest absolute Gasteiger partial charge is 0.497 e. The summed E-state index contributed by atoms with van der Waals surface area (Å²) in [6.07, 6.45) is 5.16. The first-order chi connectivity index (χ1) is 14.7. The Bertz CT molecular complexity index is 1150. The summed E-state index contributed by atoms with van der Waals surface area (Å²) in [5.41, 5.74) is 3.63. The van der Waals surface area contributed by atoms with Crippen molar-refractivity contribution in [2.75, 3.05) is 17.7 Å². The fourth-order valence-corrected chi connectivity index (χ4v) is 2.84. The van der Waals surface area contributed by atoms with Crippen LogP contribution in [-0.4, -0.2) is 28.0 Å². The predicted octanol–water partition coefficient (Wildman–Crippen LogP) is 4.54. The third-order valence-corrected chi connectivity index (χ3v) is 4.34. The third kappa shape index (κ3) is 4.59. The summed E-state index contributed by atoms with van der Waals surface area (Å²) in [4.78, 5) is 25.4. The molecule has 4 aromatic rings. The van der Waals surface area contributed by atoms with Gasteiger partial charge in [0.2, 0.25) is 5.95 Å². The van der Waals surface area contributed by atoms with Crippen LogP contribution < -0.4 is 15.4 Å². The molecule has 2 heterocycles. The highest BCUT2D eigenvalue weighted by Crippen LogP contribution is 2.21. The average Bonchev–Trinajstić information content (AvgIpc) is 2.80. The van der Waals surface area contributed by atoms with E-state index >= 15 is 0 Å². The third-order valence-electron chi connectivity index (χ3n) is 4.34. The second kappa shape index (κ2) is 8.83. The Morgan fingerprint density at radius 2 is 1.77 bits per heavy atom. The van der Waals surface area contributed by atoms with Gasteiger partial charge in [0.1, 0.15) is 5.75 Å². The van der Waals surface area contributed by atoms with Crippen LogP contribution in [0.1, 0.15) is 10.4 Å². The fraction of sp³-hybridized carbons (Fsp3) is 0.0435. The molecule has 0 atom stereocenters. The van der Waals surface area contributed by atoms with Gasteiger partial charge in [-0.1, -0.05) is 6.07 Å². The van der Waals surface area contributed by atoms with Gasteiger partial charge in [0.15, 0.2) is 0 Å². The normalized spacial score (nSPS) is 10.3. The maximum Gasteiger partial charge on any atom is 0.255 e. The van der Waals surface area contributed by atoms with Crippen LogP contribution in [0.15, 0.2) is 85.3 Å². The standard InChI is InChI=1S/C23H19N5O2/c1-30-20-9-7-16(8-10-20)22(29)26-18-5-2-6-19(14-18)27-23-25-13-11-21(28-23)17-4-3-12-24-15-17/h2-15H,1H3,(H,26,29)(H,25,27,28). The highest BCUT2D eigenvalue weighted by Gasteiger charge is 2.08. The van der Waals surface area contributed by atoms with Gasteiger partial charge >= 0.3 is 0 Å². The lowest BCUT2D eigenvalue weighted by Gasteiger charge is -2.10. The van der Waals surface area contributed by atoms with Crippen LogP contribution in [-0.2, 0) is 0 Å². The number of nitrogens with one attached hydrogen (secondary N) is 2. The lowest BCUT2D eigenvalue weighted by Crippen LogP contribution is -2.11. The van der Waals surface area contributed by atoms with Crippen molar-refractivity contribution in [3.8, 4) is 17.0 Å². The number of anilines is 3. The summed E-state index contributed by atoms with van der Waals surface area (Å²) < 4.78 is 5.12. The predicted molar refractivity (Wildman–Crippen MR) is 116 cm³/mol. The van der Waals surface area contributed by atoms with Crippen molar-refractivity contribution in [2.24, 2.45) is 0 Å². The highest BCUT2D eigenvalue weighted by atomic mass is 16.5. The van der Waals surface area contributed by atoms with Crippen molar-refractivity contribution >= 4 is 23.2 Å². The molecular formula is C23H19N5O2. The molecule has 7 nitrogen and oxygen atoms in total.